The molecule has 0 saturated carbocycles. The molecule has 0 heterocycles. The van der Waals surface area contributed by atoms with Gasteiger partial charge in [0, 0.05) is 6.07 Å². The molecule has 0 aliphatic heterocycles. The van der Waals surface area contributed by atoms with Crippen LogP contribution in [0.1, 0.15) is 19.8 Å². The SMILES string of the molecule is CCCC(N)C(=O)Nc1c(F)cc(F)cc1[N+](=O)[O-]. The second-order valence-electron chi connectivity index (χ2n) is 3.92. The fourth-order valence-corrected chi connectivity index (χ4v) is 1.49. The van der Waals surface area contributed by atoms with E-state index in [1.165, 1.54) is 0 Å². The van der Waals surface area contributed by atoms with Gasteiger partial charge in [0.1, 0.15) is 5.82 Å². The van der Waals surface area contributed by atoms with Crippen molar-refractivity contribution in [1.82, 2.24) is 0 Å². The number of anilines is 1. The number of benzene rings is 1. The lowest BCUT2D eigenvalue weighted by Gasteiger charge is -2.12. The highest BCUT2D eigenvalue weighted by Gasteiger charge is 2.24. The largest absolute Gasteiger partial charge is 0.320 e. The lowest BCUT2D eigenvalue weighted by molar-refractivity contribution is -0.384. The van der Waals surface area contributed by atoms with Gasteiger partial charge in [-0.05, 0) is 6.42 Å². The van der Waals surface area contributed by atoms with Gasteiger partial charge < -0.3 is 11.1 Å². The molecule has 0 aliphatic rings. The number of nitrogens with two attached hydrogens (primary N) is 1. The number of halogens is 2. The van der Waals surface area contributed by atoms with E-state index in [9.17, 15) is 23.7 Å². The van der Waals surface area contributed by atoms with Gasteiger partial charge in [0.2, 0.25) is 5.91 Å². The van der Waals surface area contributed by atoms with Crippen LogP contribution in [-0.4, -0.2) is 16.9 Å². The molecule has 0 fully saturated rings. The van der Waals surface area contributed by atoms with Crippen molar-refractivity contribution in [2.24, 2.45) is 5.73 Å². The van der Waals surface area contributed by atoms with Crippen LogP contribution in [0.15, 0.2) is 12.1 Å². The van der Waals surface area contributed by atoms with E-state index in [-0.39, 0.29) is 0 Å². The van der Waals surface area contributed by atoms with Crippen molar-refractivity contribution in [3.8, 4) is 0 Å². The van der Waals surface area contributed by atoms with Crippen molar-refractivity contribution >= 4 is 17.3 Å². The minimum absolute atomic E-state index is 0.350. The Morgan fingerprint density at radius 1 is 1.53 bits per heavy atom. The van der Waals surface area contributed by atoms with Gasteiger partial charge in [-0.1, -0.05) is 13.3 Å². The standard InChI is InChI=1S/C11H13F2N3O3/c1-2-3-8(14)11(17)15-10-7(13)4-6(12)5-9(10)16(18)19/h4-5,8H,2-3,14H2,1H3,(H,15,17). The van der Waals surface area contributed by atoms with Crippen LogP contribution in [0.3, 0.4) is 0 Å². The number of hydrogen-bond donors (Lipinski definition) is 2. The average Bonchev–Trinajstić information content (AvgIpc) is 2.32. The zero-order chi connectivity index (χ0) is 14.6. The second kappa shape index (κ2) is 6.19. The first-order valence-electron chi connectivity index (χ1n) is 5.56. The number of amides is 1. The molecule has 1 rings (SSSR count). The van der Waals surface area contributed by atoms with E-state index in [1.54, 1.807) is 6.92 Å². The maximum atomic E-state index is 13.5. The molecule has 1 aromatic rings. The summed E-state index contributed by atoms with van der Waals surface area (Å²) in [5.41, 5.74) is 3.97. The van der Waals surface area contributed by atoms with Crippen molar-refractivity contribution in [2.45, 2.75) is 25.8 Å². The molecule has 19 heavy (non-hydrogen) atoms. The quantitative estimate of drug-likeness (QED) is 0.632. The van der Waals surface area contributed by atoms with Gasteiger partial charge in [0.15, 0.2) is 11.5 Å². The lowest BCUT2D eigenvalue weighted by atomic mass is 10.1. The first kappa shape index (κ1) is 15.0. The average molecular weight is 273 g/mol. The van der Waals surface area contributed by atoms with E-state index < -0.39 is 39.9 Å². The Morgan fingerprint density at radius 2 is 2.16 bits per heavy atom. The maximum absolute atomic E-state index is 13.5. The molecule has 0 bridgehead atoms. The summed E-state index contributed by atoms with van der Waals surface area (Å²) < 4.78 is 26.4. The van der Waals surface area contributed by atoms with E-state index in [0.29, 0.717) is 25.0 Å². The summed E-state index contributed by atoms with van der Waals surface area (Å²) in [6.07, 6.45) is 0.977. The fourth-order valence-electron chi connectivity index (χ4n) is 1.49. The van der Waals surface area contributed by atoms with Crippen LogP contribution in [0.5, 0.6) is 0 Å². The predicted molar refractivity (Wildman–Crippen MR) is 64.5 cm³/mol. The predicted octanol–water partition coefficient (Wildman–Crippen LogP) is 1.94. The third-order valence-electron chi connectivity index (χ3n) is 2.42. The Bertz CT molecular complexity index is 508. The number of rotatable bonds is 5. The minimum atomic E-state index is -1.22. The zero-order valence-electron chi connectivity index (χ0n) is 10.2. The van der Waals surface area contributed by atoms with Crippen LogP contribution in [0.2, 0.25) is 0 Å². The molecule has 0 radical (unpaired) electrons. The molecular formula is C11H13F2N3O3. The number of carbonyl (C=O) groups is 1. The van der Waals surface area contributed by atoms with Crippen LogP contribution in [0, 0.1) is 21.7 Å². The van der Waals surface area contributed by atoms with Crippen molar-refractivity contribution in [3.63, 3.8) is 0 Å². The Kier molecular flexibility index (Phi) is 4.87. The molecule has 104 valence electrons. The molecule has 8 heteroatoms. The zero-order valence-corrected chi connectivity index (χ0v) is 10.2. The molecule has 0 aromatic heterocycles. The Labute approximate surface area is 107 Å². The van der Waals surface area contributed by atoms with E-state index >= 15 is 0 Å². The molecule has 6 nitrogen and oxygen atoms in total. The molecule has 1 unspecified atom stereocenters. The van der Waals surface area contributed by atoms with Crippen LogP contribution < -0.4 is 11.1 Å². The summed E-state index contributed by atoms with van der Waals surface area (Å²) in [7, 11) is 0. The molecular weight excluding hydrogens is 260 g/mol. The topological polar surface area (TPSA) is 98.3 Å². The lowest BCUT2D eigenvalue weighted by Crippen LogP contribution is -2.35. The van der Waals surface area contributed by atoms with E-state index in [4.69, 9.17) is 5.73 Å². The number of nitrogens with one attached hydrogen (secondary N) is 1. The minimum Gasteiger partial charge on any atom is -0.320 e. The van der Waals surface area contributed by atoms with Gasteiger partial charge in [-0.25, -0.2) is 8.78 Å². The second-order valence-corrected chi connectivity index (χ2v) is 3.92. The molecule has 0 saturated heterocycles. The summed E-state index contributed by atoms with van der Waals surface area (Å²) >= 11 is 0. The van der Waals surface area contributed by atoms with Crippen molar-refractivity contribution in [3.05, 3.63) is 33.9 Å². The first-order valence-corrected chi connectivity index (χ1v) is 5.56. The summed E-state index contributed by atoms with van der Waals surface area (Å²) in [6.45, 7) is 1.80. The maximum Gasteiger partial charge on any atom is 0.298 e. The van der Waals surface area contributed by atoms with Gasteiger partial charge in [-0.2, -0.15) is 0 Å². The number of nitro groups is 1. The van der Waals surface area contributed by atoms with Crippen LogP contribution >= 0.6 is 0 Å². The number of nitro benzene ring substituents is 1. The van der Waals surface area contributed by atoms with Crippen molar-refractivity contribution in [1.29, 1.82) is 0 Å². The summed E-state index contributed by atoms with van der Waals surface area (Å²) in [4.78, 5) is 21.3. The molecule has 3 N–H and O–H groups in total. The highest BCUT2D eigenvalue weighted by atomic mass is 19.1. The molecule has 0 aliphatic carbocycles. The van der Waals surface area contributed by atoms with Crippen LogP contribution in [-0.2, 0) is 4.79 Å². The summed E-state index contributed by atoms with van der Waals surface area (Å²) in [5.74, 6) is -3.07. The number of nitrogens with zero attached hydrogens (tertiary/aromatic N) is 1. The smallest absolute Gasteiger partial charge is 0.298 e. The van der Waals surface area contributed by atoms with Crippen LogP contribution in [0.4, 0.5) is 20.2 Å². The van der Waals surface area contributed by atoms with Gasteiger partial charge in [-0.3, -0.25) is 14.9 Å². The number of carbonyl (C=O) groups excluding carboxylic acids is 1. The van der Waals surface area contributed by atoms with Gasteiger partial charge >= 0.3 is 0 Å². The van der Waals surface area contributed by atoms with Gasteiger partial charge in [0.05, 0.1) is 17.0 Å². The van der Waals surface area contributed by atoms with Crippen LogP contribution in [0.25, 0.3) is 0 Å². The Hall–Kier alpha value is -2.09. The Morgan fingerprint density at radius 3 is 2.68 bits per heavy atom. The van der Waals surface area contributed by atoms with Gasteiger partial charge in [-0.15, -0.1) is 0 Å². The van der Waals surface area contributed by atoms with Crippen molar-refractivity contribution in [2.75, 3.05) is 5.32 Å². The fraction of sp³-hybridized carbons (Fsp3) is 0.364. The number of hydrogen-bond acceptors (Lipinski definition) is 4. The third kappa shape index (κ3) is 3.68. The van der Waals surface area contributed by atoms with E-state index in [2.05, 4.69) is 0 Å². The van der Waals surface area contributed by atoms with E-state index in [0.717, 1.165) is 0 Å². The highest BCUT2D eigenvalue weighted by Crippen LogP contribution is 2.28. The Balaban J connectivity index is 3.06. The molecule has 1 atom stereocenters. The first-order chi connectivity index (χ1) is 8.86. The van der Waals surface area contributed by atoms with Crippen molar-refractivity contribution < 1.29 is 18.5 Å². The molecule has 1 aromatic carbocycles. The third-order valence-corrected chi connectivity index (χ3v) is 2.42. The monoisotopic (exact) mass is 273 g/mol. The summed E-state index contributed by atoms with van der Waals surface area (Å²) in [5, 5.41) is 12.7. The highest BCUT2D eigenvalue weighted by molar-refractivity contribution is 5.96. The summed E-state index contributed by atoms with van der Waals surface area (Å²) in [6, 6.07) is 0.0758. The normalized spacial score (nSPS) is 12.0. The molecule has 1 amide bonds. The van der Waals surface area contributed by atoms with E-state index in [1.807, 2.05) is 5.32 Å². The molecule has 0 spiro atoms. The van der Waals surface area contributed by atoms with Gasteiger partial charge in [0.25, 0.3) is 5.69 Å².